The lowest BCUT2D eigenvalue weighted by atomic mass is 10.1. The van der Waals surface area contributed by atoms with Gasteiger partial charge in [0.15, 0.2) is 0 Å². The van der Waals surface area contributed by atoms with Crippen LogP contribution >= 0.6 is 0 Å². The minimum Gasteiger partial charge on any atom is -0.385 e. The van der Waals surface area contributed by atoms with Crippen LogP contribution in [0.4, 0.5) is 5.69 Å². The number of rotatable bonds is 0. The highest BCUT2D eigenvalue weighted by Gasteiger charge is 2.03. The van der Waals surface area contributed by atoms with Crippen molar-refractivity contribution in [2.75, 3.05) is 11.9 Å². The summed E-state index contributed by atoms with van der Waals surface area (Å²) < 4.78 is 0. The van der Waals surface area contributed by atoms with Crippen molar-refractivity contribution in [3.63, 3.8) is 0 Å². The molecule has 70 valence electrons. The third-order valence-electron chi connectivity index (χ3n) is 2.71. The van der Waals surface area contributed by atoms with Crippen molar-refractivity contribution in [1.29, 1.82) is 0 Å². The molecule has 0 spiro atoms. The highest BCUT2D eigenvalue weighted by atomic mass is 14.9. The molecule has 0 aliphatic carbocycles. The number of hydrogen-bond donors (Lipinski definition) is 1. The fraction of sp³-hybridized carbons (Fsp3) is 0.500. The number of fused-ring (bicyclic) bond motifs is 1. The normalized spacial score (nSPS) is 17.5. The zero-order valence-corrected chi connectivity index (χ0v) is 8.05. The topological polar surface area (TPSA) is 12.0 Å². The molecule has 0 aromatic heterocycles. The fourth-order valence-corrected chi connectivity index (χ4v) is 1.93. The Bertz CT molecular complexity index is 241. The second-order valence-electron chi connectivity index (χ2n) is 3.75. The van der Waals surface area contributed by atoms with Crippen LogP contribution in [0.25, 0.3) is 0 Å². The summed E-state index contributed by atoms with van der Waals surface area (Å²) in [7, 11) is 0. The molecule has 1 aromatic carbocycles. The minimum atomic E-state index is 1.14. The zero-order valence-electron chi connectivity index (χ0n) is 8.05. The van der Waals surface area contributed by atoms with Gasteiger partial charge in [0.05, 0.1) is 0 Å². The van der Waals surface area contributed by atoms with Gasteiger partial charge in [-0.15, -0.1) is 0 Å². The quantitative estimate of drug-likeness (QED) is 0.638. The van der Waals surface area contributed by atoms with Gasteiger partial charge in [-0.3, -0.25) is 0 Å². The van der Waals surface area contributed by atoms with Gasteiger partial charge in [0.25, 0.3) is 0 Å². The Kier molecular flexibility index (Phi) is 2.86. The molecule has 0 saturated heterocycles. The predicted molar refractivity (Wildman–Crippen MR) is 57.1 cm³/mol. The van der Waals surface area contributed by atoms with Crippen molar-refractivity contribution in [2.24, 2.45) is 0 Å². The van der Waals surface area contributed by atoms with Crippen molar-refractivity contribution < 1.29 is 0 Å². The molecule has 13 heavy (non-hydrogen) atoms. The third-order valence-corrected chi connectivity index (χ3v) is 2.71. The van der Waals surface area contributed by atoms with Crippen LogP contribution in [0.5, 0.6) is 0 Å². The Labute approximate surface area is 80.2 Å². The average molecular weight is 175 g/mol. The van der Waals surface area contributed by atoms with Crippen LogP contribution in [0.1, 0.15) is 31.2 Å². The first-order chi connectivity index (χ1) is 6.47. The lowest BCUT2D eigenvalue weighted by molar-refractivity contribution is 0.663. The molecule has 0 fully saturated rings. The second kappa shape index (κ2) is 4.31. The van der Waals surface area contributed by atoms with Gasteiger partial charge in [-0.25, -0.2) is 0 Å². The maximum atomic E-state index is 3.51. The van der Waals surface area contributed by atoms with E-state index in [1.165, 1.54) is 43.4 Å². The molecule has 1 nitrogen and oxygen atoms in total. The molecule has 1 aliphatic heterocycles. The number of para-hydroxylation sites is 1. The van der Waals surface area contributed by atoms with Gasteiger partial charge < -0.3 is 5.32 Å². The molecule has 0 radical (unpaired) electrons. The number of benzene rings is 1. The maximum absolute atomic E-state index is 3.51. The van der Waals surface area contributed by atoms with E-state index < -0.39 is 0 Å². The summed E-state index contributed by atoms with van der Waals surface area (Å²) in [6, 6.07) is 8.69. The summed E-state index contributed by atoms with van der Waals surface area (Å²) in [5.41, 5.74) is 2.84. The van der Waals surface area contributed by atoms with E-state index in [0.717, 1.165) is 6.54 Å². The average Bonchev–Trinajstić information content (AvgIpc) is 2.28. The van der Waals surface area contributed by atoms with Crippen LogP contribution in [0.2, 0.25) is 0 Å². The highest BCUT2D eigenvalue weighted by Crippen LogP contribution is 2.19. The van der Waals surface area contributed by atoms with Gasteiger partial charge in [0, 0.05) is 12.2 Å². The largest absolute Gasteiger partial charge is 0.385 e. The van der Waals surface area contributed by atoms with Crippen molar-refractivity contribution in [3.8, 4) is 0 Å². The predicted octanol–water partition coefficient (Wildman–Crippen LogP) is 3.22. The van der Waals surface area contributed by atoms with Crippen LogP contribution in [0, 0.1) is 0 Å². The van der Waals surface area contributed by atoms with Crippen LogP contribution in [-0.4, -0.2) is 6.54 Å². The van der Waals surface area contributed by atoms with E-state index in [-0.39, 0.29) is 0 Å². The van der Waals surface area contributed by atoms with E-state index in [1.807, 2.05) is 0 Å². The van der Waals surface area contributed by atoms with Gasteiger partial charge in [0.1, 0.15) is 0 Å². The molecule has 0 amide bonds. The van der Waals surface area contributed by atoms with Crippen LogP contribution < -0.4 is 5.32 Å². The van der Waals surface area contributed by atoms with Gasteiger partial charge in [0.2, 0.25) is 0 Å². The maximum Gasteiger partial charge on any atom is 0.0372 e. The van der Waals surface area contributed by atoms with E-state index >= 15 is 0 Å². The molecule has 1 heteroatoms. The minimum absolute atomic E-state index is 1.14. The summed E-state index contributed by atoms with van der Waals surface area (Å²) in [5, 5.41) is 3.51. The first-order valence-electron chi connectivity index (χ1n) is 5.28. The van der Waals surface area contributed by atoms with Gasteiger partial charge >= 0.3 is 0 Å². The second-order valence-corrected chi connectivity index (χ2v) is 3.75. The van der Waals surface area contributed by atoms with E-state index in [1.54, 1.807) is 0 Å². The Hall–Kier alpha value is -0.980. The summed E-state index contributed by atoms with van der Waals surface area (Å²) in [6.45, 7) is 1.14. The molecule has 0 unspecified atom stereocenters. The molecule has 2 rings (SSSR count). The summed E-state index contributed by atoms with van der Waals surface area (Å²) >= 11 is 0. The third kappa shape index (κ3) is 2.24. The number of anilines is 1. The standard InChI is InChI=1S/C12H17N/c1-2-6-10-13-12-9-5-4-8-11(12)7-3-1/h4-5,8-9,13H,1-3,6-7,10H2. The number of nitrogens with one attached hydrogen (secondary N) is 1. The molecule has 1 aromatic rings. The van der Waals surface area contributed by atoms with E-state index in [0.29, 0.717) is 0 Å². The molecular weight excluding hydrogens is 158 g/mol. The van der Waals surface area contributed by atoms with Crippen molar-refractivity contribution in [2.45, 2.75) is 32.1 Å². The van der Waals surface area contributed by atoms with E-state index in [2.05, 4.69) is 29.6 Å². The Morgan fingerprint density at radius 2 is 1.77 bits per heavy atom. The molecule has 1 aliphatic rings. The number of aryl methyl sites for hydroxylation is 1. The Morgan fingerprint density at radius 1 is 0.923 bits per heavy atom. The van der Waals surface area contributed by atoms with Crippen LogP contribution in [-0.2, 0) is 6.42 Å². The summed E-state index contributed by atoms with van der Waals surface area (Å²) in [6.07, 6.45) is 6.66. The molecule has 1 heterocycles. The summed E-state index contributed by atoms with van der Waals surface area (Å²) in [4.78, 5) is 0. The lowest BCUT2D eigenvalue weighted by Gasteiger charge is -2.08. The zero-order chi connectivity index (χ0) is 8.93. The van der Waals surface area contributed by atoms with Crippen LogP contribution in [0.3, 0.4) is 0 Å². The molecule has 1 N–H and O–H groups in total. The van der Waals surface area contributed by atoms with Crippen molar-refractivity contribution in [1.82, 2.24) is 0 Å². The molecule has 0 saturated carbocycles. The monoisotopic (exact) mass is 175 g/mol. The van der Waals surface area contributed by atoms with Gasteiger partial charge in [-0.1, -0.05) is 31.0 Å². The molecular formula is C12H17N. The van der Waals surface area contributed by atoms with Crippen molar-refractivity contribution >= 4 is 5.69 Å². The Balaban J connectivity index is 2.17. The smallest absolute Gasteiger partial charge is 0.0372 e. The van der Waals surface area contributed by atoms with E-state index in [9.17, 15) is 0 Å². The molecule has 0 atom stereocenters. The molecule has 0 bridgehead atoms. The fourth-order valence-electron chi connectivity index (χ4n) is 1.93. The van der Waals surface area contributed by atoms with E-state index in [4.69, 9.17) is 0 Å². The van der Waals surface area contributed by atoms with Crippen LogP contribution in [0.15, 0.2) is 24.3 Å². The van der Waals surface area contributed by atoms with Gasteiger partial charge in [-0.05, 0) is 30.9 Å². The lowest BCUT2D eigenvalue weighted by Crippen LogP contribution is -2.02. The summed E-state index contributed by atoms with van der Waals surface area (Å²) in [5.74, 6) is 0. The highest BCUT2D eigenvalue weighted by molar-refractivity contribution is 5.51. The Morgan fingerprint density at radius 3 is 2.77 bits per heavy atom. The first kappa shape index (κ1) is 8.61. The van der Waals surface area contributed by atoms with Crippen molar-refractivity contribution in [3.05, 3.63) is 29.8 Å². The SMILES string of the molecule is c1ccc2c(c1)CCCCCCN2. The number of hydrogen-bond acceptors (Lipinski definition) is 1. The van der Waals surface area contributed by atoms with Gasteiger partial charge in [-0.2, -0.15) is 0 Å². The first-order valence-corrected chi connectivity index (χ1v) is 5.28.